The van der Waals surface area contributed by atoms with Crippen molar-refractivity contribution < 1.29 is 28.6 Å². The molecule has 3 heterocycles. The van der Waals surface area contributed by atoms with Gasteiger partial charge in [-0.2, -0.15) is 5.10 Å². The van der Waals surface area contributed by atoms with Crippen LogP contribution in [0, 0.1) is 5.82 Å². The molecule has 0 bridgehead atoms. The number of halogens is 1. The number of piperidine rings is 1. The second-order valence-electron chi connectivity index (χ2n) is 9.21. The van der Waals surface area contributed by atoms with Crippen LogP contribution in [0.25, 0.3) is 21.8 Å². The summed E-state index contributed by atoms with van der Waals surface area (Å²) in [6.07, 6.45) is 0.764. The van der Waals surface area contributed by atoms with Crippen LogP contribution >= 0.6 is 11.3 Å². The lowest BCUT2D eigenvalue weighted by Gasteiger charge is -2.38. The Bertz CT molecular complexity index is 1210. The lowest BCUT2D eigenvalue weighted by Crippen LogP contribution is -2.46. The number of aromatic amines is 1. The third kappa shape index (κ3) is 7.44. The minimum absolute atomic E-state index is 0.0444. The van der Waals surface area contributed by atoms with E-state index in [0.29, 0.717) is 60.5 Å². The van der Waals surface area contributed by atoms with E-state index in [2.05, 4.69) is 15.2 Å². The van der Waals surface area contributed by atoms with E-state index in [1.165, 1.54) is 35.8 Å². The molecule has 0 spiro atoms. The number of benzene rings is 1. The minimum Gasteiger partial charge on any atom is -0.476 e. The van der Waals surface area contributed by atoms with Crippen molar-refractivity contribution in [2.45, 2.75) is 51.8 Å². The van der Waals surface area contributed by atoms with Crippen molar-refractivity contribution in [1.82, 2.24) is 20.1 Å². The lowest BCUT2D eigenvalue weighted by molar-refractivity contribution is -0.151. The molecule has 10 nitrogen and oxygen atoms in total. The summed E-state index contributed by atoms with van der Waals surface area (Å²) >= 11 is 1.21. The van der Waals surface area contributed by atoms with Gasteiger partial charge in [-0.25, -0.2) is 14.2 Å². The molecule has 1 fully saturated rings. The molecule has 3 aromatic rings. The number of carbonyl (C=O) groups excluding carboxylic acids is 1. The molecule has 1 amide bonds. The molecule has 12 heteroatoms. The molecule has 2 aromatic heterocycles. The zero-order valence-corrected chi connectivity index (χ0v) is 22.8. The Hall–Kier alpha value is -3.19. The number of aromatic nitrogens is 3. The number of amides is 1. The van der Waals surface area contributed by atoms with Gasteiger partial charge in [-0.1, -0.05) is 13.8 Å². The predicted octanol–water partition coefficient (Wildman–Crippen LogP) is 4.11. The monoisotopic (exact) mass is 547 g/mol. The summed E-state index contributed by atoms with van der Waals surface area (Å²) in [5.41, 5.74) is 7.77. The first kappa shape index (κ1) is 29.4. The standard InChI is InChI=1S/C23H25FN4O5S.C3H9N/c1-13(29)28-8-7-15(11-18(28)33-10-9-32-2)21-19(22-25-17(12-34-22)23(30)31)20(26-27-21)14-3-5-16(24)6-4-14;1-3(2)4/h3-6,12,15,18H,7-11H2,1-2H3,(H,26,27)(H,30,31);3H,4H2,1-2H3. The number of carbonyl (C=O) groups is 2. The Balaban J connectivity index is 0.000000934. The summed E-state index contributed by atoms with van der Waals surface area (Å²) in [6.45, 7) is 6.67. The van der Waals surface area contributed by atoms with Crippen molar-refractivity contribution in [3.8, 4) is 21.8 Å². The van der Waals surface area contributed by atoms with E-state index in [1.807, 2.05) is 13.8 Å². The van der Waals surface area contributed by atoms with Crippen LogP contribution in [0.1, 0.15) is 55.7 Å². The van der Waals surface area contributed by atoms with Crippen LogP contribution in [-0.2, 0) is 14.3 Å². The number of thiazole rings is 1. The molecule has 0 radical (unpaired) electrons. The molecule has 206 valence electrons. The third-order valence-corrected chi connectivity index (χ3v) is 6.67. The van der Waals surface area contributed by atoms with E-state index in [9.17, 15) is 19.1 Å². The molecule has 1 aromatic carbocycles. The number of nitrogens with two attached hydrogens (primary N) is 1. The van der Waals surface area contributed by atoms with Gasteiger partial charge in [0.15, 0.2) is 5.69 Å². The maximum atomic E-state index is 13.5. The highest BCUT2D eigenvalue weighted by molar-refractivity contribution is 7.13. The molecule has 0 saturated carbocycles. The second-order valence-corrected chi connectivity index (χ2v) is 10.1. The van der Waals surface area contributed by atoms with E-state index >= 15 is 0 Å². The first-order valence-electron chi connectivity index (χ1n) is 12.3. The predicted molar refractivity (Wildman–Crippen MR) is 142 cm³/mol. The summed E-state index contributed by atoms with van der Waals surface area (Å²) in [5, 5.41) is 19.0. The zero-order chi connectivity index (χ0) is 27.8. The quantitative estimate of drug-likeness (QED) is 0.358. The molecule has 1 aliphatic rings. The molecule has 1 saturated heterocycles. The fraction of sp³-hybridized carbons (Fsp3) is 0.462. The molecule has 2 atom stereocenters. The van der Waals surface area contributed by atoms with Gasteiger partial charge in [-0.15, -0.1) is 11.3 Å². The number of carboxylic acid groups (broad SMARTS) is 1. The molecule has 38 heavy (non-hydrogen) atoms. The Morgan fingerprint density at radius 1 is 1.29 bits per heavy atom. The number of nitrogens with zero attached hydrogens (tertiary/aromatic N) is 3. The minimum atomic E-state index is -1.11. The zero-order valence-electron chi connectivity index (χ0n) is 21.9. The number of ether oxygens (including phenoxy) is 2. The van der Waals surface area contributed by atoms with Gasteiger partial charge in [0.05, 0.1) is 18.8 Å². The van der Waals surface area contributed by atoms with E-state index in [0.717, 1.165) is 5.69 Å². The Kier molecular flexibility index (Phi) is 10.5. The van der Waals surface area contributed by atoms with Crippen molar-refractivity contribution in [2.24, 2.45) is 5.73 Å². The average Bonchev–Trinajstić information content (AvgIpc) is 3.52. The number of likely N-dealkylation sites (tertiary alicyclic amines) is 1. The SMILES string of the molecule is CC(C)N.COCCOC1CC(c2[nH]nc(-c3ccc(F)cc3)c2-c2nc(C(=O)O)cs2)CCN1C(C)=O. The van der Waals surface area contributed by atoms with Gasteiger partial charge in [0, 0.05) is 49.6 Å². The number of rotatable bonds is 8. The van der Waals surface area contributed by atoms with Gasteiger partial charge >= 0.3 is 5.97 Å². The number of hydrogen-bond donors (Lipinski definition) is 3. The average molecular weight is 548 g/mol. The fourth-order valence-electron chi connectivity index (χ4n) is 4.15. The molecule has 2 unspecified atom stereocenters. The first-order valence-corrected chi connectivity index (χ1v) is 13.2. The van der Waals surface area contributed by atoms with Gasteiger partial charge in [-0.05, 0) is 36.7 Å². The van der Waals surface area contributed by atoms with Crippen molar-refractivity contribution >= 4 is 23.2 Å². The second kappa shape index (κ2) is 13.6. The highest BCUT2D eigenvalue weighted by atomic mass is 32.1. The molecular weight excluding hydrogens is 513 g/mol. The third-order valence-electron chi connectivity index (χ3n) is 5.81. The van der Waals surface area contributed by atoms with Gasteiger partial charge in [0.1, 0.15) is 22.7 Å². The van der Waals surface area contributed by atoms with E-state index in [1.54, 1.807) is 24.1 Å². The normalized spacial score (nSPS) is 17.3. The summed E-state index contributed by atoms with van der Waals surface area (Å²) in [4.78, 5) is 29.6. The Labute approximate surface area is 225 Å². The summed E-state index contributed by atoms with van der Waals surface area (Å²) in [6, 6.07) is 6.28. The molecule has 1 aliphatic heterocycles. The molecular formula is C26H34FN5O5S. The number of carboxylic acids is 1. The van der Waals surface area contributed by atoms with Crippen LogP contribution in [0.3, 0.4) is 0 Å². The lowest BCUT2D eigenvalue weighted by atomic mass is 9.89. The van der Waals surface area contributed by atoms with Crippen LogP contribution in [0.4, 0.5) is 4.39 Å². The van der Waals surface area contributed by atoms with Crippen molar-refractivity contribution in [2.75, 3.05) is 26.9 Å². The topological polar surface area (TPSA) is 144 Å². The van der Waals surface area contributed by atoms with E-state index in [-0.39, 0.29) is 23.3 Å². The van der Waals surface area contributed by atoms with Gasteiger partial charge < -0.3 is 25.2 Å². The Morgan fingerprint density at radius 3 is 2.55 bits per heavy atom. The van der Waals surface area contributed by atoms with Crippen molar-refractivity contribution in [1.29, 1.82) is 0 Å². The highest BCUT2D eigenvalue weighted by Gasteiger charge is 2.35. The summed E-state index contributed by atoms with van der Waals surface area (Å²) < 4.78 is 24.5. The van der Waals surface area contributed by atoms with Crippen LogP contribution in [0.15, 0.2) is 29.6 Å². The van der Waals surface area contributed by atoms with Gasteiger partial charge in [0.25, 0.3) is 0 Å². The molecule has 0 aliphatic carbocycles. The van der Waals surface area contributed by atoms with Gasteiger partial charge in [0.2, 0.25) is 5.91 Å². The van der Waals surface area contributed by atoms with Gasteiger partial charge in [-0.3, -0.25) is 9.89 Å². The first-order chi connectivity index (χ1) is 18.1. The highest BCUT2D eigenvalue weighted by Crippen LogP contribution is 2.42. The number of methoxy groups -OCH3 is 1. The number of H-pyrrole nitrogens is 1. The van der Waals surface area contributed by atoms with Crippen molar-refractivity contribution in [3.05, 3.63) is 46.9 Å². The smallest absolute Gasteiger partial charge is 0.355 e. The number of aromatic carboxylic acids is 1. The Morgan fingerprint density at radius 2 is 1.97 bits per heavy atom. The van der Waals surface area contributed by atoms with Crippen molar-refractivity contribution in [3.63, 3.8) is 0 Å². The van der Waals surface area contributed by atoms with Crippen LogP contribution < -0.4 is 5.73 Å². The fourth-order valence-corrected chi connectivity index (χ4v) is 5.00. The van der Waals surface area contributed by atoms with E-state index in [4.69, 9.17) is 15.2 Å². The van der Waals surface area contributed by atoms with Crippen LogP contribution in [0.2, 0.25) is 0 Å². The summed E-state index contributed by atoms with van der Waals surface area (Å²) in [7, 11) is 1.59. The molecule has 4 N–H and O–H groups in total. The molecule has 4 rings (SSSR count). The van der Waals surface area contributed by atoms with Crippen LogP contribution in [-0.4, -0.2) is 76.2 Å². The maximum absolute atomic E-state index is 13.5. The number of hydrogen-bond acceptors (Lipinski definition) is 8. The number of nitrogens with one attached hydrogen (secondary N) is 1. The largest absolute Gasteiger partial charge is 0.476 e. The maximum Gasteiger partial charge on any atom is 0.355 e. The van der Waals surface area contributed by atoms with E-state index < -0.39 is 12.2 Å². The summed E-state index contributed by atoms with van der Waals surface area (Å²) in [5.74, 6) is -1.59. The van der Waals surface area contributed by atoms with Crippen LogP contribution in [0.5, 0.6) is 0 Å².